The fourth-order valence-electron chi connectivity index (χ4n) is 2.99. The molecule has 0 spiro atoms. The Balaban J connectivity index is 1.95. The van der Waals surface area contributed by atoms with Crippen molar-refractivity contribution >= 4 is 28.9 Å². The molecule has 0 saturated carbocycles. The van der Waals surface area contributed by atoms with Crippen LogP contribution in [0.25, 0.3) is 5.69 Å². The molecule has 0 bridgehead atoms. The largest absolute Gasteiger partial charge is 0.302 e. The minimum absolute atomic E-state index is 0.384. The lowest BCUT2D eigenvalue weighted by molar-refractivity contribution is 0.387. The van der Waals surface area contributed by atoms with Crippen molar-refractivity contribution in [3.63, 3.8) is 0 Å². The molecule has 3 aromatic rings. The number of hydrogen-bond donors (Lipinski definition) is 0. The van der Waals surface area contributed by atoms with Gasteiger partial charge in [-0.15, -0.1) is 10.2 Å². The first-order chi connectivity index (χ1) is 12.5. The van der Waals surface area contributed by atoms with Gasteiger partial charge in [0.15, 0.2) is 11.6 Å². The predicted octanol–water partition coefficient (Wildman–Crippen LogP) is 3.38. The fourth-order valence-corrected chi connectivity index (χ4v) is 3.37. The van der Waals surface area contributed by atoms with Crippen molar-refractivity contribution in [1.29, 1.82) is 0 Å². The van der Waals surface area contributed by atoms with Crippen molar-refractivity contribution in [3.05, 3.63) is 69.5 Å². The normalized spacial score (nSPS) is 13.2. The van der Waals surface area contributed by atoms with Crippen molar-refractivity contribution in [1.82, 2.24) is 24.6 Å². The summed E-state index contributed by atoms with van der Waals surface area (Å²) < 4.78 is 2.01. The molecule has 0 amide bonds. The molecule has 2 aromatic heterocycles. The molecule has 0 atom stereocenters. The van der Waals surface area contributed by atoms with E-state index in [-0.39, 0.29) is 0 Å². The van der Waals surface area contributed by atoms with Crippen molar-refractivity contribution in [2.24, 2.45) is 4.99 Å². The topological polar surface area (TPSA) is 59.2 Å². The minimum Gasteiger partial charge on any atom is -0.302 e. The molecule has 0 aliphatic carbocycles. The van der Waals surface area contributed by atoms with Gasteiger partial charge in [-0.25, -0.2) is 4.98 Å². The van der Waals surface area contributed by atoms with Crippen LogP contribution in [-0.2, 0) is 13.1 Å². The number of halogens is 2. The van der Waals surface area contributed by atoms with Gasteiger partial charge in [-0.05, 0) is 32.3 Å². The van der Waals surface area contributed by atoms with E-state index in [1.807, 2.05) is 53.9 Å². The summed E-state index contributed by atoms with van der Waals surface area (Å²) in [5.41, 5.74) is 3.04. The molecule has 0 radical (unpaired) electrons. The summed E-state index contributed by atoms with van der Waals surface area (Å²) in [5, 5.41) is 9.67. The van der Waals surface area contributed by atoms with Gasteiger partial charge in [0.1, 0.15) is 17.4 Å². The molecule has 1 aromatic carbocycles. The lowest BCUT2D eigenvalue weighted by Gasteiger charge is -2.15. The van der Waals surface area contributed by atoms with Crippen LogP contribution in [0.2, 0.25) is 10.2 Å². The number of hydrogen-bond acceptors (Lipinski definition) is 5. The smallest absolute Gasteiger partial charge is 0.159 e. The zero-order chi connectivity index (χ0) is 18.3. The average molecular weight is 387 g/mol. The summed E-state index contributed by atoms with van der Waals surface area (Å²) in [5.74, 6) is 1.58. The number of aromatic nitrogens is 4. The second kappa shape index (κ2) is 6.79. The maximum absolute atomic E-state index is 6.42. The summed E-state index contributed by atoms with van der Waals surface area (Å²) in [6, 6.07) is 11.3. The van der Waals surface area contributed by atoms with Crippen LogP contribution in [0.1, 0.15) is 22.9 Å². The second-order valence-electron chi connectivity index (χ2n) is 6.25. The highest BCUT2D eigenvalue weighted by Crippen LogP contribution is 2.28. The van der Waals surface area contributed by atoms with E-state index < -0.39 is 0 Å². The van der Waals surface area contributed by atoms with E-state index in [4.69, 9.17) is 28.2 Å². The first-order valence-electron chi connectivity index (χ1n) is 8.09. The van der Waals surface area contributed by atoms with Crippen LogP contribution in [0.15, 0.2) is 41.4 Å². The molecule has 0 unspecified atom stereocenters. The Morgan fingerprint density at radius 1 is 1.08 bits per heavy atom. The molecule has 1 aliphatic heterocycles. The molecule has 1 aliphatic rings. The highest BCUT2D eigenvalue weighted by Gasteiger charge is 2.25. The Labute approximate surface area is 161 Å². The van der Waals surface area contributed by atoms with Crippen LogP contribution in [0, 0.1) is 0 Å². The number of nitrogens with zero attached hydrogens (tertiary/aromatic N) is 6. The van der Waals surface area contributed by atoms with Crippen molar-refractivity contribution in [2.75, 3.05) is 14.1 Å². The molecule has 0 fully saturated rings. The van der Waals surface area contributed by atoms with E-state index in [2.05, 4.69) is 15.2 Å². The highest BCUT2D eigenvalue weighted by atomic mass is 35.5. The minimum atomic E-state index is 0.384. The van der Waals surface area contributed by atoms with E-state index in [0.29, 0.717) is 34.7 Å². The molecular formula is C18H16Cl2N6. The van der Waals surface area contributed by atoms with Gasteiger partial charge in [-0.1, -0.05) is 41.4 Å². The van der Waals surface area contributed by atoms with Crippen LogP contribution in [0.5, 0.6) is 0 Å². The Hall–Kier alpha value is -2.28. The molecular weight excluding hydrogens is 371 g/mol. The van der Waals surface area contributed by atoms with Gasteiger partial charge in [0.25, 0.3) is 0 Å². The first-order valence-corrected chi connectivity index (χ1v) is 8.84. The molecule has 0 N–H and O–H groups in total. The zero-order valence-corrected chi connectivity index (χ0v) is 15.8. The lowest BCUT2D eigenvalue weighted by Crippen LogP contribution is -2.17. The van der Waals surface area contributed by atoms with Gasteiger partial charge in [-0.2, -0.15) is 0 Å². The van der Waals surface area contributed by atoms with Gasteiger partial charge in [0.2, 0.25) is 0 Å². The number of rotatable bonds is 3. The summed E-state index contributed by atoms with van der Waals surface area (Å²) in [4.78, 5) is 11.3. The molecule has 132 valence electrons. The Kier molecular flexibility index (Phi) is 4.48. The van der Waals surface area contributed by atoms with Crippen LogP contribution in [-0.4, -0.2) is 44.5 Å². The first kappa shape index (κ1) is 17.1. The number of fused-ring (bicyclic) bond motifs is 3. The highest BCUT2D eigenvalue weighted by molar-refractivity contribution is 6.35. The zero-order valence-electron chi connectivity index (χ0n) is 14.3. The maximum Gasteiger partial charge on any atom is 0.159 e. The van der Waals surface area contributed by atoms with Gasteiger partial charge >= 0.3 is 0 Å². The molecule has 6 nitrogen and oxygen atoms in total. The summed E-state index contributed by atoms with van der Waals surface area (Å²) >= 11 is 12.6. The van der Waals surface area contributed by atoms with E-state index >= 15 is 0 Å². The Morgan fingerprint density at radius 2 is 1.88 bits per heavy atom. The summed E-state index contributed by atoms with van der Waals surface area (Å²) in [7, 11) is 3.98. The summed E-state index contributed by atoms with van der Waals surface area (Å²) in [6.45, 7) is 1.03. The van der Waals surface area contributed by atoms with E-state index in [1.165, 1.54) is 0 Å². The third kappa shape index (κ3) is 3.00. The van der Waals surface area contributed by atoms with E-state index in [1.54, 1.807) is 6.07 Å². The lowest BCUT2D eigenvalue weighted by atomic mass is 10.1. The quantitative estimate of drug-likeness (QED) is 0.647. The van der Waals surface area contributed by atoms with Crippen molar-refractivity contribution in [3.8, 4) is 5.69 Å². The number of pyridine rings is 1. The fraction of sp³-hybridized carbons (Fsp3) is 0.222. The van der Waals surface area contributed by atoms with Gasteiger partial charge in [0.05, 0.1) is 23.0 Å². The molecule has 0 saturated heterocycles. The third-order valence-corrected chi connectivity index (χ3v) is 4.61. The third-order valence-electron chi connectivity index (χ3n) is 4.07. The predicted molar refractivity (Wildman–Crippen MR) is 102 cm³/mol. The van der Waals surface area contributed by atoms with Crippen LogP contribution >= 0.6 is 23.2 Å². The molecule has 4 rings (SSSR count). The maximum atomic E-state index is 6.42. The standard InChI is InChI=1S/C18H16Cl2N6/c1-25(2)10-16-24-23-15-9-21-17(11-5-3-4-6-12(11)19)18-13(26(15)16)7-8-14(20)22-18/h3-8H,9-10H2,1-2H3. The monoisotopic (exact) mass is 386 g/mol. The SMILES string of the molecule is CN(C)Cc1nnc2n1-c1ccc(Cl)nc1C(c1ccccc1Cl)=NC2. The molecule has 3 heterocycles. The Bertz CT molecular complexity index is 1010. The second-order valence-corrected chi connectivity index (χ2v) is 7.05. The van der Waals surface area contributed by atoms with Crippen molar-refractivity contribution < 1.29 is 0 Å². The van der Waals surface area contributed by atoms with Gasteiger partial charge in [0, 0.05) is 5.56 Å². The average Bonchev–Trinajstić information content (AvgIpc) is 2.91. The summed E-state index contributed by atoms with van der Waals surface area (Å²) in [6.07, 6.45) is 0. The number of aliphatic imine (C=N–C) groups is 1. The van der Waals surface area contributed by atoms with Crippen LogP contribution in [0.4, 0.5) is 0 Å². The Morgan fingerprint density at radius 3 is 2.65 bits per heavy atom. The van der Waals surface area contributed by atoms with Gasteiger partial charge in [-0.3, -0.25) is 9.56 Å². The number of benzene rings is 1. The molecule has 26 heavy (non-hydrogen) atoms. The van der Waals surface area contributed by atoms with Gasteiger partial charge < -0.3 is 4.90 Å². The van der Waals surface area contributed by atoms with E-state index in [0.717, 1.165) is 22.9 Å². The van der Waals surface area contributed by atoms with Crippen LogP contribution in [0.3, 0.4) is 0 Å². The van der Waals surface area contributed by atoms with E-state index in [9.17, 15) is 0 Å². The molecule has 8 heteroatoms. The van der Waals surface area contributed by atoms with Crippen molar-refractivity contribution in [2.45, 2.75) is 13.1 Å². The van der Waals surface area contributed by atoms with Crippen LogP contribution < -0.4 is 0 Å².